The zero-order chi connectivity index (χ0) is 14.6. The predicted molar refractivity (Wildman–Crippen MR) is 76.5 cm³/mol. The molecular weight excluding hydrogens is 257 g/mol. The molecule has 0 aromatic carbocycles. The van der Waals surface area contributed by atoms with Gasteiger partial charge in [-0.2, -0.15) is 9.37 Å². The van der Waals surface area contributed by atoms with E-state index >= 15 is 0 Å². The van der Waals surface area contributed by atoms with E-state index in [2.05, 4.69) is 14.9 Å². The molecule has 0 aliphatic carbocycles. The van der Waals surface area contributed by atoms with Gasteiger partial charge in [0.25, 0.3) is 5.88 Å². The minimum Gasteiger partial charge on any atom is -0.474 e. The number of piperidine rings is 1. The first-order valence-corrected chi connectivity index (χ1v) is 7.35. The smallest absolute Gasteiger partial charge is 0.253 e. The summed E-state index contributed by atoms with van der Waals surface area (Å²) >= 11 is 0. The average molecular weight is 281 g/mol. The quantitative estimate of drug-likeness (QED) is 0.850. The van der Waals surface area contributed by atoms with Crippen molar-refractivity contribution >= 4 is 0 Å². The SMILES string of the molecule is CC(C)(C)c1ncc(F)c(OCCN2CCCCC2)n1. The fourth-order valence-corrected chi connectivity index (χ4v) is 2.27. The molecule has 0 unspecified atom stereocenters. The zero-order valence-electron chi connectivity index (χ0n) is 12.7. The minimum atomic E-state index is -0.489. The van der Waals surface area contributed by atoms with E-state index in [1.54, 1.807) is 0 Å². The summed E-state index contributed by atoms with van der Waals surface area (Å²) in [4.78, 5) is 10.6. The van der Waals surface area contributed by atoms with E-state index in [-0.39, 0.29) is 11.3 Å². The van der Waals surface area contributed by atoms with Gasteiger partial charge in [0, 0.05) is 12.0 Å². The lowest BCUT2D eigenvalue weighted by Crippen LogP contribution is -2.33. The van der Waals surface area contributed by atoms with Crippen molar-refractivity contribution in [1.82, 2.24) is 14.9 Å². The summed E-state index contributed by atoms with van der Waals surface area (Å²) in [7, 11) is 0. The number of hydrogen-bond donors (Lipinski definition) is 0. The number of halogens is 1. The summed E-state index contributed by atoms with van der Waals surface area (Å²) in [6, 6.07) is 0. The molecule has 1 aliphatic rings. The molecule has 1 fully saturated rings. The fourth-order valence-electron chi connectivity index (χ4n) is 2.27. The van der Waals surface area contributed by atoms with Crippen molar-refractivity contribution in [3.05, 3.63) is 17.8 Å². The summed E-state index contributed by atoms with van der Waals surface area (Å²) in [6.45, 7) is 9.52. The lowest BCUT2D eigenvalue weighted by atomic mass is 9.96. The van der Waals surface area contributed by atoms with Gasteiger partial charge in [-0.15, -0.1) is 0 Å². The Kier molecular flexibility index (Phi) is 4.91. The van der Waals surface area contributed by atoms with Gasteiger partial charge in [-0.05, 0) is 25.9 Å². The Morgan fingerprint density at radius 2 is 1.95 bits per heavy atom. The molecule has 5 heteroatoms. The second kappa shape index (κ2) is 6.48. The highest BCUT2D eigenvalue weighted by molar-refractivity contribution is 5.15. The molecule has 112 valence electrons. The first kappa shape index (κ1) is 15.2. The van der Waals surface area contributed by atoms with Gasteiger partial charge in [0.1, 0.15) is 12.4 Å². The van der Waals surface area contributed by atoms with Gasteiger partial charge in [0.2, 0.25) is 5.82 Å². The molecule has 2 heterocycles. The van der Waals surface area contributed by atoms with Crippen molar-refractivity contribution in [1.29, 1.82) is 0 Å². The molecule has 0 bridgehead atoms. The Bertz CT molecular complexity index is 439. The van der Waals surface area contributed by atoms with Crippen molar-refractivity contribution in [2.75, 3.05) is 26.2 Å². The average Bonchev–Trinajstić information content (AvgIpc) is 2.41. The van der Waals surface area contributed by atoms with Crippen LogP contribution in [0, 0.1) is 5.82 Å². The van der Waals surface area contributed by atoms with Gasteiger partial charge >= 0.3 is 0 Å². The number of hydrogen-bond acceptors (Lipinski definition) is 4. The molecule has 0 spiro atoms. The molecule has 0 amide bonds. The van der Waals surface area contributed by atoms with E-state index in [1.165, 1.54) is 25.5 Å². The normalized spacial score (nSPS) is 17.2. The molecular formula is C15H24FN3O. The highest BCUT2D eigenvalue weighted by Gasteiger charge is 2.20. The summed E-state index contributed by atoms with van der Waals surface area (Å²) in [5.74, 6) is 0.186. The van der Waals surface area contributed by atoms with Crippen LogP contribution in [-0.4, -0.2) is 41.1 Å². The third kappa shape index (κ3) is 4.13. The maximum atomic E-state index is 13.7. The van der Waals surface area contributed by atoms with Crippen LogP contribution in [0.4, 0.5) is 4.39 Å². The van der Waals surface area contributed by atoms with E-state index in [9.17, 15) is 4.39 Å². The van der Waals surface area contributed by atoms with Crippen LogP contribution in [0.25, 0.3) is 0 Å². The molecule has 20 heavy (non-hydrogen) atoms. The van der Waals surface area contributed by atoms with Crippen LogP contribution in [0.1, 0.15) is 45.9 Å². The summed E-state index contributed by atoms with van der Waals surface area (Å²) in [5.41, 5.74) is -0.210. The Labute approximate surface area is 120 Å². The molecule has 1 aromatic heterocycles. The standard InChI is InChI=1S/C15H24FN3O/c1-15(2,3)14-17-11-12(16)13(18-14)20-10-9-19-7-5-4-6-8-19/h11H,4-10H2,1-3H3. The van der Waals surface area contributed by atoms with Crippen LogP contribution in [0.3, 0.4) is 0 Å². The summed E-state index contributed by atoms with van der Waals surface area (Å²) in [5, 5.41) is 0. The lowest BCUT2D eigenvalue weighted by Gasteiger charge is -2.26. The van der Waals surface area contributed by atoms with Crippen molar-refractivity contribution < 1.29 is 9.13 Å². The molecule has 1 aromatic rings. The van der Waals surface area contributed by atoms with Crippen LogP contribution in [-0.2, 0) is 5.41 Å². The zero-order valence-corrected chi connectivity index (χ0v) is 12.7. The molecule has 0 radical (unpaired) electrons. The minimum absolute atomic E-state index is 0.0712. The molecule has 4 nitrogen and oxygen atoms in total. The fraction of sp³-hybridized carbons (Fsp3) is 0.733. The van der Waals surface area contributed by atoms with E-state index < -0.39 is 5.82 Å². The second-order valence-electron chi connectivity index (χ2n) is 6.35. The van der Waals surface area contributed by atoms with Crippen molar-refractivity contribution in [2.24, 2.45) is 0 Å². The summed E-state index contributed by atoms with van der Waals surface area (Å²) in [6.07, 6.45) is 5.00. The van der Waals surface area contributed by atoms with Crippen LogP contribution < -0.4 is 4.74 Å². The maximum absolute atomic E-state index is 13.7. The highest BCUT2D eigenvalue weighted by Crippen LogP contribution is 2.21. The van der Waals surface area contributed by atoms with Gasteiger partial charge in [-0.25, -0.2) is 4.98 Å². The number of ether oxygens (including phenoxy) is 1. The number of rotatable bonds is 4. The van der Waals surface area contributed by atoms with Gasteiger partial charge in [-0.3, -0.25) is 4.90 Å². The first-order chi connectivity index (χ1) is 9.47. The van der Waals surface area contributed by atoms with E-state index in [1.807, 2.05) is 20.8 Å². The molecule has 2 rings (SSSR count). The van der Waals surface area contributed by atoms with Gasteiger partial charge in [-0.1, -0.05) is 27.2 Å². The summed E-state index contributed by atoms with van der Waals surface area (Å²) < 4.78 is 19.2. The van der Waals surface area contributed by atoms with E-state index in [0.29, 0.717) is 12.4 Å². The first-order valence-electron chi connectivity index (χ1n) is 7.35. The Morgan fingerprint density at radius 1 is 1.25 bits per heavy atom. The van der Waals surface area contributed by atoms with Crippen LogP contribution in [0.5, 0.6) is 5.88 Å². The van der Waals surface area contributed by atoms with Gasteiger partial charge in [0.15, 0.2) is 0 Å². The largest absolute Gasteiger partial charge is 0.474 e. The topological polar surface area (TPSA) is 38.2 Å². The third-order valence-electron chi connectivity index (χ3n) is 3.48. The van der Waals surface area contributed by atoms with E-state index in [4.69, 9.17) is 4.74 Å². The third-order valence-corrected chi connectivity index (χ3v) is 3.48. The van der Waals surface area contributed by atoms with Crippen LogP contribution >= 0.6 is 0 Å². The Morgan fingerprint density at radius 3 is 2.60 bits per heavy atom. The Balaban J connectivity index is 1.91. The van der Waals surface area contributed by atoms with E-state index in [0.717, 1.165) is 19.6 Å². The highest BCUT2D eigenvalue weighted by atomic mass is 19.1. The van der Waals surface area contributed by atoms with Gasteiger partial charge in [0.05, 0.1) is 6.20 Å². The molecule has 1 saturated heterocycles. The number of likely N-dealkylation sites (tertiary alicyclic amines) is 1. The predicted octanol–water partition coefficient (Wildman–Crippen LogP) is 2.78. The monoisotopic (exact) mass is 281 g/mol. The van der Waals surface area contributed by atoms with Crippen molar-refractivity contribution in [3.8, 4) is 5.88 Å². The van der Waals surface area contributed by atoms with Gasteiger partial charge < -0.3 is 4.74 Å². The number of nitrogens with zero attached hydrogens (tertiary/aromatic N) is 3. The van der Waals surface area contributed by atoms with Crippen molar-refractivity contribution in [3.63, 3.8) is 0 Å². The molecule has 0 atom stereocenters. The van der Waals surface area contributed by atoms with Crippen molar-refractivity contribution in [2.45, 2.75) is 45.4 Å². The lowest BCUT2D eigenvalue weighted by molar-refractivity contribution is 0.176. The maximum Gasteiger partial charge on any atom is 0.253 e. The van der Waals surface area contributed by atoms with Crippen LogP contribution in [0.15, 0.2) is 6.20 Å². The second-order valence-corrected chi connectivity index (χ2v) is 6.35. The molecule has 0 N–H and O–H groups in total. The molecule has 0 saturated carbocycles. The van der Waals surface area contributed by atoms with Crippen LogP contribution in [0.2, 0.25) is 0 Å². The molecule has 1 aliphatic heterocycles. The Hall–Kier alpha value is -1.23. The number of aromatic nitrogens is 2.